The van der Waals surface area contributed by atoms with Gasteiger partial charge < -0.3 is 8.98 Å². The average Bonchev–Trinajstić information content (AvgIpc) is 3.75. The Morgan fingerprint density at radius 1 is 0.545 bits per heavy atom. The lowest BCUT2D eigenvalue weighted by Crippen LogP contribution is -2.26. The summed E-state index contributed by atoms with van der Waals surface area (Å²) in [6, 6.07) is 61.4. The lowest BCUT2D eigenvalue weighted by molar-refractivity contribution is 0.426. The number of aromatic nitrogens is 1. The van der Waals surface area contributed by atoms with Crippen molar-refractivity contribution in [3.05, 3.63) is 192 Å². The predicted octanol–water partition coefficient (Wildman–Crippen LogP) is 14.0. The molecule has 3 heterocycles. The highest BCUT2D eigenvalue weighted by molar-refractivity contribution is 6.11. The fourth-order valence-corrected chi connectivity index (χ4v) is 9.25. The van der Waals surface area contributed by atoms with Gasteiger partial charge in [-0.3, -0.25) is 4.99 Å². The van der Waals surface area contributed by atoms with Gasteiger partial charge >= 0.3 is 0 Å². The molecule has 0 N–H and O–H groups in total. The van der Waals surface area contributed by atoms with Gasteiger partial charge in [0.25, 0.3) is 0 Å². The van der Waals surface area contributed by atoms with E-state index < -0.39 is 0 Å². The first-order valence-corrected chi connectivity index (χ1v) is 19.5. The summed E-state index contributed by atoms with van der Waals surface area (Å²) in [6.07, 6.45) is 0.973. The van der Waals surface area contributed by atoms with Crippen molar-refractivity contribution in [2.24, 2.45) is 16.8 Å². The topological polar surface area (TPSA) is 30.4 Å². The molecule has 0 aliphatic carbocycles. The largest absolute Gasteiger partial charge is 0.456 e. The molecule has 266 valence electrons. The second-order valence-corrected chi connectivity index (χ2v) is 15.1. The summed E-state index contributed by atoms with van der Waals surface area (Å²) in [6.45, 7) is 7.00. The minimum Gasteiger partial charge on any atom is -0.456 e. The van der Waals surface area contributed by atoms with Crippen LogP contribution in [0.4, 0.5) is 0 Å². The normalized spacial score (nSPS) is 17.7. The zero-order valence-electron chi connectivity index (χ0n) is 31.4. The van der Waals surface area contributed by atoms with Gasteiger partial charge in [-0.25, -0.2) is 0 Å². The number of nitrogens with zero attached hydrogens (tertiary/aromatic N) is 2. The van der Waals surface area contributed by atoms with Crippen LogP contribution in [-0.2, 0) is 0 Å². The van der Waals surface area contributed by atoms with Gasteiger partial charge in [-0.1, -0.05) is 129 Å². The van der Waals surface area contributed by atoms with Crippen molar-refractivity contribution in [1.29, 1.82) is 0 Å². The molecule has 55 heavy (non-hydrogen) atoms. The summed E-state index contributed by atoms with van der Waals surface area (Å²) < 4.78 is 8.77. The predicted molar refractivity (Wildman–Crippen MR) is 231 cm³/mol. The Hall–Kier alpha value is -6.45. The number of rotatable bonds is 6. The molecule has 0 saturated carbocycles. The minimum absolute atomic E-state index is 0.210. The monoisotopic (exact) mass is 710 g/mol. The first-order valence-electron chi connectivity index (χ1n) is 19.5. The van der Waals surface area contributed by atoms with Gasteiger partial charge in [-0.2, -0.15) is 0 Å². The van der Waals surface area contributed by atoms with E-state index in [9.17, 15) is 0 Å². The zero-order valence-corrected chi connectivity index (χ0v) is 31.4. The molecule has 0 bridgehead atoms. The van der Waals surface area contributed by atoms with Crippen molar-refractivity contribution in [2.75, 3.05) is 0 Å². The zero-order chi connectivity index (χ0) is 37.0. The Morgan fingerprint density at radius 3 is 2.02 bits per heavy atom. The quantitative estimate of drug-likeness (QED) is 0.169. The van der Waals surface area contributed by atoms with Crippen molar-refractivity contribution in [3.63, 3.8) is 0 Å². The highest BCUT2D eigenvalue weighted by Gasteiger charge is 2.36. The number of aliphatic imine (C=N–C) groups is 1. The number of benzene rings is 7. The highest BCUT2D eigenvalue weighted by atomic mass is 16.3. The molecule has 2 aromatic heterocycles. The fraction of sp³-hybridized carbons (Fsp3) is 0.135. The first kappa shape index (κ1) is 33.1. The van der Waals surface area contributed by atoms with Crippen molar-refractivity contribution < 1.29 is 4.42 Å². The molecule has 0 radical (unpaired) electrons. The van der Waals surface area contributed by atoms with Crippen LogP contribution in [0.2, 0.25) is 0 Å². The van der Waals surface area contributed by atoms with Gasteiger partial charge in [0.05, 0.1) is 22.4 Å². The van der Waals surface area contributed by atoms with Crippen LogP contribution in [0.25, 0.3) is 66.3 Å². The summed E-state index contributed by atoms with van der Waals surface area (Å²) in [5.41, 5.74) is 14.9. The summed E-state index contributed by atoms with van der Waals surface area (Å²) in [4.78, 5) is 5.75. The maximum Gasteiger partial charge on any atom is 0.136 e. The maximum atomic E-state index is 6.40. The minimum atomic E-state index is 0.210. The van der Waals surface area contributed by atoms with Gasteiger partial charge in [0.15, 0.2) is 0 Å². The molecule has 3 nitrogen and oxygen atoms in total. The SMILES string of the molecule is CCC1C(c2cccc(-c3ccc4c(c3)c3ccccc3n4-c3ccccc3)c2)=NC(c2ccc3c(c2)oc2ccccc23)=C(C)C(C)C1c1ccccc1. The van der Waals surface area contributed by atoms with E-state index >= 15 is 0 Å². The number of furan rings is 1. The smallest absolute Gasteiger partial charge is 0.136 e. The standard InChI is InChI=1S/C52H42N2O/c1-4-41-50(35-16-7-5-8-17-35)33(2)34(3)51(39-26-28-44-43-23-12-14-25-48(43)55-49(44)32-39)53-52(41)38-19-15-18-36(30-38)37-27-29-47-45(31-37)42-22-11-13-24-46(42)54(47)40-20-9-6-10-21-40/h5-33,41,50H,4H2,1-3H3. The molecule has 7 aromatic carbocycles. The van der Waals surface area contributed by atoms with Gasteiger partial charge in [0, 0.05) is 38.7 Å². The van der Waals surface area contributed by atoms with Gasteiger partial charge in [0.2, 0.25) is 0 Å². The summed E-state index contributed by atoms with van der Waals surface area (Å²) in [7, 11) is 0. The van der Waals surface area contributed by atoms with Crippen LogP contribution < -0.4 is 0 Å². The number of hydrogen-bond acceptors (Lipinski definition) is 2. The van der Waals surface area contributed by atoms with Crippen LogP contribution in [0.15, 0.2) is 185 Å². The van der Waals surface area contributed by atoms with Crippen molar-refractivity contribution in [1.82, 2.24) is 4.57 Å². The average molecular weight is 711 g/mol. The summed E-state index contributed by atoms with van der Waals surface area (Å²) >= 11 is 0. The van der Waals surface area contributed by atoms with E-state index in [1.807, 2.05) is 12.1 Å². The Balaban J connectivity index is 1.14. The fourth-order valence-electron chi connectivity index (χ4n) is 9.25. The molecule has 9 aromatic rings. The number of hydrogen-bond donors (Lipinski definition) is 0. The number of allylic oxidation sites excluding steroid dienone is 1. The third-order valence-corrected chi connectivity index (χ3v) is 12.1. The van der Waals surface area contributed by atoms with E-state index in [0.29, 0.717) is 0 Å². The molecule has 1 aliphatic heterocycles. The Morgan fingerprint density at radius 2 is 1.20 bits per heavy atom. The molecule has 0 fully saturated rings. The van der Waals surface area contributed by atoms with Crippen molar-refractivity contribution in [2.45, 2.75) is 33.1 Å². The van der Waals surface area contributed by atoms with Crippen molar-refractivity contribution in [3.8, 4) is 16.8 Å². The lowest BCUT2D eigenvalue weighted by Gasteiger charge is -2.32. The molecule has 0 saturated heterocycles. The molecule has 1 aliphatic rings. The molecule has 0 spiro atoms. The molecule has 0 amide bonds. The molecule has 3 heteroatoms. The Kier molecular flexibility index (Phi) is 8.10. The molecular formula is C52H42N2O. The van der Waals surface area contributed by atoms with Crippen LogP contribution in [-0.4, -0.2) is 10.3 Å². The number of fused-ring (bicyclic) bond motifs is 6. The highest BCUT2D eigenvalue weighted by Crippen LogP contribution is 2.46. The summed E-state index contributed by atoms with van der Waals surface area (Å²) in [5.74, 6) is 0.741. The first-order chi connectivity index (χ1) is 27.1. The van der Waals surface area contributed by atoms with Crippen LogP contribution >= 0.6 is 0 Å². The second-order valence-electron chi connectivity index (χ2n) is 15.1. The van der Waals surface area contributed by atoms with Crippen LogP contribution in [0.1, 0.15) is 49.8 Å². The Bertz CT molecular complexity index is 2940. The van der Waals surface area contributed by atoms with Gasteiger partial charge in [0.1, 0.15) is 11.2 Å². The van der Waals surface area contributed by atoms with Gasteiger partial charge in [-0.15, -0.1) is 0 Å². The van der Waals surface area contributed by atoms with E-state index in [4.69, 9.17) is 9.41 Å². The number of para-hydroxylation sites is 3. The van der Waals surface area contributed by atoms with Crippen LogP contribution in [0, 0.1) is 11.8 Å². The maximum absolute atomic E-state index is 6.40. The summed E-state index contributed by atoms with van der Waals surface area (Å²) in [5, 5.41) is 4.78. The third-order valence-electron chi connectivity index (χ3n) is 12.1. The van der Waals surface area contributed by atoms with E-state index in [-0.39, 0.29) is 17.8 Å². The van der Waals surface area contributed by atoms with E-state index in [0.717, 1.165) is 45.3 Å². The van der Waals surface area contributed by atoms with E-state index in [1.165, 1.54) is 55.3 Å². The lowest BCUT2D eigenvalue weighted by atomic mass is 9.71. The van der Waals surface area contributed by atoms with Gasteiger partial charge in [-0.05, 0) is 108 Å². The molecule has 3 atom stereocenters. The molecule has 3 unspecified atom stereocenters. The third kappa shape index (κ3) is 5.53. The van der Waals surface area contributed by atoms with E-state index in [2.05, 4.69) is 183 Å². The molecular weight excluding hydrogens is 669 g/mol. The second kappa shape index (κ2) is 13.4. The van der Waals surface area contributed by atoms with Crippen molar-refractivity contribution >= 4 is 55.2 Å². The molecule has 10 rings (SSSR count). The van der Waals surface area contributed by atoms with Crippen LogP contribution in [0.5, 0.6) is 0 Å². The van der Waals surface area contributed by atoms with E-state index in [1.54, 1.807) is 0 Å². The Labute approximate surface area is 321 Å². The van der Waals surface area contributed by atoms with Crippen LogP contribution in [0.3, 0.4) is 0 Å².